The van der Waals surface area contributed by atoms with Gasteiger partial charge < -0.3 is 4.90 Å². The van der Waals surface area contributed by atoms with Gasteiger partial charge in [0, 0.05) is 20.0 Å². The van der Waals surface area contributed by atoms with E-state index >= 15 is 0 Å². The van der Waals surface area contributed by atoms with Crippen LogP contribution in [-0.4, -0.2) is 23.9 Å². The summed E-state index contributed by atoms with van der Waals surface area (Å²) in [5.74, 6) is 0.209. The summed E-state index contributed by atoms with van der Waals surface area (Å²) in [6.45, 7) is 10.4. The summed E-state index contributed by atoms with van der Waals surface area (Å²) in [6.07, 6.45) is 12.6. The molecule has 0 aromatic heterocycles. The fourth-order valence-electron chi connectivity index (χ4n) is 3.44. The van der Waals surface area contributed by atoms with E-state index < -0.39 is 0 Å². The SMILES string of the molecule is CCCCCCC(C)(CCC)C1=CCN(C(C)=O)CC1. The van der Waals surface area contributed by atoms with Crippen molar-refractivity contribution in [3.63, 3.8) is 0 Å². The summed E-state index contributed by atoms with van der Waals surface area (Å²) in [7, 11) is 0. The highest BCUT2D eigenvalue weighted by atomic mass is 16.2. The van der Waals surface area contributed by atoms with Crippen LogP contribution in [0.2, 0.25) is 0 Å². The molecule has 0 aromatic rings. The van der Waals surface area contributed by atoms with Gasteiger partial charge in [0.25, 0.3) is 0 Å². The number of hydrogen-bond donors (Lipinski definition) is 0. The Balaban J connectivity index is 2.62. The predicted octanol–water partition coefficient (Wildman–Crippen LogP) is 4.94. The molecule has 1 heterocycles. The van der Waals surface area contributed by atoms with E-state index in [1.807, 2.05) is 4.90 Å². The lowest BCUT2D eigenvalue weighted by Gasteiger charge is -2.37. The van der Waals surface area contributed by atoms with Gasteiger partial charge in [0.2, 0.25) is 5.91 Å². The van der Waals surface area contributed by atoms with E-state index in [1.54, 1.807) is 12.5 Å². The van der Waals surface area contributed by atoms with Crippen LogP contribution in [-0.2, 0) is 4.79 Å². The summed E-state index contributed by atoms with van der Waals surface area (Å²) < 4.78 is 0. The van der Waals surface area contributed by atoms with Crippen LogP contribution in [0.3, 0.4) is 0 Å². The molecule has 0 saturated carbocycles. The molecule has 0 radical (unpaired) electrons. The van der Waals surface area contributed by atoms with Gasteiger partial charge >= 0.3 is 0 Å². The average Bonchev–Trinajstić information content (AvgIpc) is 2.44. The Morgan fingerprint density at radius 1 is 1.20 bits per heavy atom. The largest absolute Gasteiger partial charge is 0.339 e. The molecular weight excluding hydrogens is 246 g/mol. The lowest BCUT2D eigenvalue weighted by Crippen LogP contribution is -2.35. The molecule has 0 bridgehead atoms. The number of unbranched alkanes of at least 4 members (excludes halogenated alkanes) is 3. The van der Waals surface area contributed by atoms with Crippen molar-refractivity contribution in [2.24, 2.45) is 5.41 Å². The van der Waals surface area contributed by atoms with Crippen LogP contribution in [0.5, 0.6) is 0 Å². The molecule has 1 amide bonds. The second-order valence-electron chi connectivity index (χ2n) is 6.57. The molecule has 1 rings (SSSR count). The fourth-order valence-corrected chi connectivity index (χ4v) is 3.44. The first-order chi connectivity index (χ1) is 9.53. The third-order valence-corrected chi connectivity index (χ3v) is 4.81. The molecule has 2 nitrogen and oxygen atoms in total. The molecule has 2 heteroatoms. The maximum Gasteiger partial charge on any atom is 0.219 e. The highest BCUT2D eigenvalue weighted by molar-refractivity contribution is 5.73. The average molecular weight is 279 g/mol. The maximum absolute atomic E-state index is 11.4. The van der Waals surface area contributed by atoms with E-state index in [0.29, 0.717) is 5.41 Å². The summed E-state index contributed by atoms with van der Waals surface area (Å²) in [5, 5.41) is 0. The molecule has 0 aromatic carbocycles. The van der Waals surface area contributed by atoms with Gasteiger partial charge in [-0.2, -0.15) is 0 Å². The van der Waals surface area contributed by atoms with E-state index in [4.69, 9.17) is 0 Å². The van der Waals surface area contributed by atoms with E-state index in [0.717, 1.165) is 19.5 Å². The molecule has 0 N–H and O–H groups in total. The van der Waals surface area contributed by atoms with Gasteiger partial charge in [0.15, 0.2) is 0 Å². The van der Waals surface area contributed by atoms with E-state index in [-0.39, 0.29) is 5.91 Å². The first-order valence-corrected chi connectivity index (χ1v) is 8.48. The highest BCUT2D eigenvalue weighted by Crippen LogP contribution is 2.40. The standard InChI is InChI=1S/C18H33NO/c1-5-7-8-9-13-18(4,12-6-2)17-10-14-19(15-11-17)16(3)20/h10H,5-9,11-15H2,1-4H3. The van der Waals surface area contributed by atoms with Crippen LogP contribution in [0.15, 0.2) is 11.6 Å². The smallest absolute Gasteiger partial charge is 0.219 e. The Morgan fingerprint density at radius 2 is 1.95 bits per heavy atom. The normalized spacial score (nSPS) is 18.6. The third-order valence-electron chi connectivity index (χ3n) is 4.81. The summed E-state index contributed by atoms with van der Waals surface area (Å²) in [4.78, 5) is 13.4. The minimum absolute atomic E-state index is 0.209. The number of nitrogens with zero attached hydrogens (tertiary/aromatic N) is 1. The Kier molecular flexibility index (Phi) is 7.32. The molecule has 0 spiro atoms. The maximum atomic E-state index is 11.4. The van der Waals surface area contributed by atoms with Gasteiger partial charge in [-0.25, -0.2) is 0 Å². The molecule has 0 fully saturated rings. The van der Waals surface area contributed by atoms with Crippen molar-refractivity contribution in [1.82, 2.24) is 4.90 Å². The molecule has 1 atom stereocenters. The minimum atomic E-state index is 0.209. The zero-order valence-electron chi connectivity index (χ0n) is 14.0. The van der Waals surface area contributed by atoms with Gasteiger partial charge in [-0.15, -0.1) is 0 Å². The highest BCUT2D eigenvalue weighted by Gasteiger charge is 2.29. The van der Waals surface area contributed by atoms with E-state index in [9.17, 15) is 4.79 Å². The zero-order valence-corrected chi connectivity index (χ0v) is 14.0. The fraction of sp³-hybridized carbons (Fsp3) is 0.833. The molecule has 1 unspecified atom stereocenters. The van der Waals surface area contributed by atoms with Crippen molar-refractivity contribution in [1.29, 1.82) is 0 Å². The lowest BCUT2D eigenvalue weighted by atomic mass is 9.72. The lowest BCUT2D eigenvalue weighted by molar-refractivity contribution is -0.128. The number of carbonyl (C=O) groups is 1. The van der Waals surface area contributed by atoms with Crippen LogP contribution in [0, 0.1) is 5.41 Å². The Labute approximate surface area is 125 Å². The van der Waals surface area contributed by atoms with Gasteiger partial charge in [-0.05, 0) is 24.7 Å². The van der Waals surface area contributed by atoms with E-state index in [2.05, 4.69) is 26.8 Å². The van der Waals surface area contributed by atoms with Crippen molar-refractivity contribution in [3.05, 3.63) is 11.6 Å². The quantitative estimate of drug-likeness (QED) is 0.455. The molecule has 0 aliphatic carbocycles. The van der Waals surface area contributed by atoms with Crippen molar-refractivity contribution in [3.8, 4) is 0 Å². The number of rotatable bonds is 8. The Bertz CT molecular complexity index is 334. The monoisotopic (exact) mass is 279 g/mol. The van der Waals surface area contributed by atoms with Crippen molar-refractivity contribution in [2.75, 3.05) is 13.1 Å². The second-order valence-corrected chi connectivity index (χ2v) is 6.57. The Morgan fingerprint density at radius 3 is 2.45 bits per heavy atom. The minimum Gasteiger partial charge on any atom is -0.339 e. The van der Waals surface area contributed by atoms with Gasteiger partial charge in [0.05, 0.1) is 0 Å². The topological polar surface area (TPSA) is 20.3 Å². The molecule has 20 heavy (non-hydrogen) atoms. The molecule has 1 aliphatic heterocycles. The Hall–Kier alpha value is -0.790. The van der Waals surface area contributed by atoms with Crippen LogP contribution in [0.1, 0.15) is 79.1 Å². The molecule has 116 valence electrons. The van der Waals surface area contributed by atoms with E-state index in [1.165, 1.54) is 44.9 Å². The summed E-state index contributed by atoms with van der Waals surface area (Å²) >= 11 is 0. The summed E-state index contributed by atoms with van der Waals surface area (Å²) in [5.41, 5.74) is 1.97. The first-order valence-electron chi connectivity index (χ1n) is 8.48. The van der Waals surface area contributed by atoms with Crippen LogP contribution in [0.25, 0.3) is 0 Å². The zero-order chi connectivity index (χ0) is 15.0. The predicted molar refractivity (Wildman–Crippen MR) is 86.7 cm³/mol. The summed E-state index contributed by atoms with van der Waals surface area (Å²) in [6, 6.07) is 0. The van der Waals surface area contributed by atoms with Gasteiger partial charge in [-0.3, -0.25) is 4.79 Å². The van der Waals surface area contributed by atoms with Crippen molar-refractivity contribution < 1.29 is 4.79 Å². The number of carbonyl (C=O) groups excluding carboxylic acids is 1. The van der Waals surface area contributed by atoms with Crippen molar-refractivity contribution in [2.45, 2.75) is 79.1 Å². The van der Waals surface area contributed by atoms with Crippen LogP contribution in [0.4, 0.5) is 0 Å². The third kappa shape index (κ3) is 4.96. The first kappa shape index (κ1) is 17.3. The number of hydrogen-bond acceptors (Lipinski definition) is 1. The molecule has 1 aliphatic rings. The van der Waals surface area contributed by atoms with Gasteiger partial charge in [-0.1, -0.05) is 64.5 Å². The van der Waals surface area contributed by atoms with Gasteiger partial charge in [0.1, 0.15) is 0 Å². The number of amides is 1. The second kappa shape index (κ2) is 8.49. The molecular formula is C18H33NO. The van der Waals surface area contributed by atoms with Crippen LogP contribution >= 0.6 is 0 Å². The van der Waals surface area contributed by atoms with Crippen LogP contribution < -0.4 is 0 Å². The van der Waals surface area contributed by atoms with Crippen molar-refractivity contribution >= 4 is 5.91 Å². The molecule has 0 saturated heterocycles.